The van der Waals surface area contributed by atoms with Gasteiger partial charge in [-0.25, -0.2) is 0 Å². The van der Waals surface area contributed by atoms with Gasteiger partial charge in [-0.1, -0.05) is 178 Å². The smallest absolute Gasteiger partial charge is 0.0714 e. The molecule has 1 aromatic heterocycles. The predicted octanol–water partition coefficient (Wildman–Crippen LogP) is 15.9. The summed E-state index contributed by atoms with van der Waals surface area (Å²) in [6.07, 6.45) is 0. The summed E-state index contributed by atoms with van der Waals surface area (Å²) in [5.41, 5.74) is 18.4. The van der Waals surface area contributed by atoms with Crippen molar-refractivity contribution in [2.24, 2.45) is 0 Å². The number of hydrogen-bond acceptors (Lipinski definition) is 2. The van der Waals surface area contributed by atoms with Crippen molar-refractivity contribution in [2.45, 2.75) is 24.7 Å². The molecule has 0 spiro atoms. The SMILES string of the molecule is CC1(C)c2ccccc2-c2ccc(N(c3ccc(C4(c5ccc6c(c5)sc5ccccc56)c5ccccc5-c5ccccc54)cc3)c3cccc(-c4ccccc4)c3)cc21. The monoisotopic (exact) mass is 783 g/mol. The molecule has 0 saturated carbocycles. The van der Waals surface area contributed by atoms with Crippen molar-refractivity contribution in [1.29, 1.82) is 0 Å². The van der Waals surface area contributed by atoms with Crippen LogP contribution < -0.4 is 4.90 Å². The molecule has 2 aliphatic carbocycles. The van der Waals surface area contributed by atoms with Crippen LogP contribution in [0.4, 0.5) is 17.1 Å². The number of nitrogens with zero attached hydrogens (tertiary/aromatic N) is 1. The second-order valence-electron chi connectivity index (χ2n) is 16.8. The van der Waals surface area contributed by atoms with E-state index in [9.17, 15) is 0 Å². The van der Waals surface area contributed by atoms with Crippen molar-refractivity contribution in [1.82, 2.24) is 0 Å². The minimum Gasteiger partial charge on any atom is -0.310 e. The van der Waals surface area contributed by atoms with Crippen LogP contribution in [0.3, 0.4) is 0 Å². The third-order valence-corrected chi connectivity index (χ3v) is 14.5. The van der Waals surface area contributed by atoms with Crippen LogP contribution >= 0.6 is 11.3 Å². The van der Waals surface area contributed by atoms with E-state index in [4.69, 9.17) is 0 Å². The predicted molar refractivity (Wildman–Crippen MR) is 254 cm³/mol. The molecular weight excluding hydrogens is 743 g/mol. The second kappa shape index (κ2) is 13.3. The molecule has 2 aliphatic rings. The van der Waals surface area contributed by atoms with E-state index in [1.54, 1.807) is 0 Å². The number of anilines is 3. The van der Waals surface area contributed by atoms with Gasteiger partial charge >= 0.3 is 0 Å². The Labute approximate surface area is 355 Å². The van der Waals surface area contributed by atoms with Gasteiger partial charge in [0.15, 0.2) is 0 Å². The molecule has 284 valence electrons. The zero-order chi connectivity index (χ0) is 40.0. The largest absolute Gasteiger partial charge is 0.310 e. The van der Waals surface area contributed by atoms with Gasteiger partial charge < -0.3 is 4.90 Å². The van der Waals surface area contributed by atoms with Crippen LogP contribution in [0, 0.1) is 0 Å². The van der Waals surface area contributed by atoms with E-state index in [2.05, 4.69) is 231 Å². The van der Waals surface area contributed by atoms with Crippen molar-refractivity contribution in [3.8, 4) is 33.4 Å². The lowest BCUT2D eigenvalue weighted by Crippen LogP contribution is -2.28. The maximum absolute atomic E-state index is 2.47. The van der Waals surface area contributed by atoms with Crippen molar-refractivity contribution in [2.75, 3.05) is 4.90 Å². The first-order valence-corrected chi connectivity index (χ1v) is 21.7. The zero-order valence-electron chi connectivity index (χ0n) is 33.6. The summed E-state index contributed by atoms with van der Waals surface area (Å²) in [7, 11) is 0. The second-order valence-corrected chi connectivity index (χ2v) is 17.9. The third-order valence-electron chi connectivity index (χ3n) is 13.4. The van der Waals surface area contributed by atoms with Gasteiger partial charge in [0.2, 0.25) is 0 Å². The average Bonchev–Trinajstić information content (AvgIpc) is 3.91. The van der Waals surface area contributed by atoms with Crippen molar-refractivity contribution >= 4 is 48.6 Å². The summed E-state index contributed by atoms with van der Waals surface area (Å²) in [5, 5.41) is 2.64. The summed E-state index contributed by atoms with van der Waals surface area (Å²) in [5.74, 6) is 0. The van der Waals surface area contributed by atoms with Crippen LogP contribution in [0.15, 0.2) is 212 Å². The summed E-state index contributed by atoms with van der Waals surface area (Å²) < 4.78 is 2.64. The van der Waals surface area contributed by atoms with Gasteiger partial charge in [-0.3, -0.25) is 0 Å². The molecule has 60 heavy (non-hydrogen) atoms. The van der Waals surface area contributed by atoms with E-state index in [0.29, 0.717) is 0 Å². The maximum atomic E-state index is 2.47. The Bertz CT molecular complexity index is 3250. The Hall–Kier alpha value is -7.00. The third kappa shape index (κ3) is 5.04. The molecule has 2 heteroatoms. The normalized spacial score (nSPS) is 14.1. The molecule has 9 aromatic carbocycles. The number of fused-ring (bicyclic) bond motifs is 9. The molecule has 0 bridgehead atoms. The minimum atomic E-state index is -0.502. The molecule has 0 unspecified atom stereocenters. The first-order chi connectivity index (χ1) is 29.5. The lowest BCUT2D eigenvalue weighted by Gasteiger charge is -2.34. The summed E-state index contributed by atoms with van der Waals surface area (Å²) in [4.78, 5) is 2.45. The van der Waals surface area contributed by atoms with Crippen LogP contribution in [0.2, 0.25) is 0 Å². The quantitative estimate of drug-likeness (QED) is 0.162. The number of thiophene rings is 1. The fourth-order valence-electron chi connectivity index (χ4n) is 10.6. The van der Waals surface area contributed by atoms with Crippen LogP contribution in [-0.2, 0) is 10.8 Å². The molecule has 0 aliphatic heterocycles. The number of benzene rings is 9. The minimum absolute atomic E-state index is 0.117. The van der Waals surface area contributed by atoms with Crippen molar-refractivity contribution < 1.29 is 0 Å². The summed E-state index contributed by atoms with van der Waals surface area (Å²) in [6.45, 7) is 4.73. The van der Waals surface area contributed by atoms with Crippen LogP contribution in [0.5, 0.6) is 0 Å². The lowest BCUT2D eigenvalue weighted by molar-refractivity contribution is 0.660. The van der Waals surface area contributed by atoms with E-state index < -0.39 is 5.41 Å². The van der Waals surface area contributed by atoms with Gasteiger partial charge in [0.1, 0.15) is 0 Å². The fraction of sp³-hybridized carbons (Fsp3) is 0.0690. The zero-order valence-corrected chi connectivity index (χ0v) is 34.4. The highest BCUT2D eigenvalue weighted by Crippen LogP contribution is 2.57. The molecule has 0 amide bonds. The molecule has 0 atom stereocenters. The molecule has 0 radical (unpaired) electrons. The van der Waals surface area contributed by atoms with Crippen molar-refractivity contribution in [3.05, 3.63) is 246 Å². The highest BCUT2D eigenvalue weighted by molar-refractivity contribution is 7.25. The Balaban J connectivity index is 1.06. The van der Waals surface area contributed by atoms with E-state index in [0.717, 1.165) is 17.1 Å². The van der Waals surface area contributed by atoms with Gasteiger partial charge in [0.25, 0.3) is 0 Å². The molecule has 10 aromatic rings. The maximum Gasteiger partial charge on any atom is 0.0714 e. The van der Waals surface area contributed by atoms with Gasteiger partial charge in [-0.15, -0.1) is 11.3 Å². The first-order valence-electron chi connectivity index (χ1n) is 20.9. The standard InChI is InChI=1S/C58H41NS/c1-57(2)51-23-10-6-19-45(51)48-34-32-44(37-54(48)57)59(43-18-14-17-39(35-43)38-15-4-3-5-16-38)42-30-27-40(28-31-42)58(52-24-11-7-20-46(52)47-21-8-12-25-53(47)58)41-29-33-50-49-22-9-13-26-55(49)60-56(50)36-41/h3-37H,1-2H3. The van der Waals surface area contributed by atoms with E-state index in [1.165, 1.54) is 86.9 Å². The Morgan fingerprint density at radius 2 is 0.900 bits per heavy atom. The molecule has 0 N–H and O–H groups in total. The van der Waals surface area contributed by atoms with E-state index >= 15 is 0 Å². The summed E-state index contributed by atoms with van der Waals surface area (Å²) in [6, 6.07) is 79.3. The van der Waals surface area contributed by atoms with Crippen LogP contribution in [0.25, 0.3) is 53.6 Å². The Kier molecular flexibility index (Phi) is 7.73. The first kappa shape index (κ1) is 35.0. The Morgan fingerprint density at radius 3 is 1.65 bits per heavy atom. The molecule has 0 saturated heterocycles. The molecular formula is C58H41NS. The molecule has 0 fully saturated rings. The topological polar surface area (TPSA) is 3.24 Å². The molecule has 12 rings (SSSR count). The number of rotatable bonds is 6. The highest BCUT2D eigenvalue weighted by Gasteiger charge is 2.46. The lowest BCUT2D eigenvalue weighted by atomic mass is 9.67. The van der Waals surface area contributed by atoms with Gasteiger partial charge in [-0.05, 0) is 115 Å². The van der Waals surface area contributed by atoms with Gasteiger partial charge in [0.05, 0.1) is 5.41 Å². The summed E-state index contributed by atoms with van der Waals surface area (Å²) >= 11 is 1.89. The van der Waals surface area contributed by atoms with E-state index in [-0.39, 0.29) is 5.41 Å². The van der Waals surface area contributed by atoms with Crippen molar-refractivity contribution in [3.63, 3.8) is 0 Å². The highest BCUT2D eigenvalue weighted by atomic mass is 32.1. The van der Waals surface area contributed by atoms with Gasteiger partial charge in [-0.2, -0.15) is 0 Å². The molecule has 1 nitrogen and oxygen atoms in total. The molecule has 1 heterocycles. The van der Waals surface area contributed by atoms with Crippen LogP contribution in [-0.4, -0.2) is 0 Å². The van der Waals surface area contributed by atoms with Crippen LogP contribution in [0.1, 0.15) is 47.2 Å². The average molecular weight is 784 g/mol. The Morgan fingerprint density at radius 1 is 0.350 bits per heavy atom. The number of hydrogen-bond donors (Lipinski definition) is 0. The van der Waals surface area contributed by atoms with E-state index in [1.807, 2.05) is 11.3 Å². The van der Waals surface area contributed by atoms with Gasteiger partial charge in [0, 0.05) is 42.6 Å². The fourth-order valence-corrected chi connectivity index (χ4v) is 11.7.